The van der Waals surface area contributed by atoms with Gasteiger partial charge < -0.3 is 10.4 Å². The average molecular weight is 499 g/mol. The molecule has 0 saturated carbocycles. The maximum atomic E-state index is 10.3. The molecule has 160 valence electrons. The fourth-order valence-corrected chi connectivity index (χ4v) is 5.13. The van der Waals surface area contributed by atoms with Crippen molar-refractivity contribution in [1.82, 2.24) is 24.5 Å². The molecule has 0 bridgehead atoms. The van der Waals surface area contributed by atoms with Crippen LogP contribution in [-0.2, 0) is 6.54 Å². The SMILES string of the molecule is Oc1ccccc1-c1cc(NCC2CCCN(Cc3nccs3)C2)n2ncc(Br)c2n1. The van der Waals surface area contributed by atoms with E-state index in [9.17, 15) is 5.11 Å². The van der Waals surface area contributed by atoms with E-state index in [1.54, 1.807) is 23.6 Å². The van der Waals surface area contributed by atoms with Crippen molar-refractivity contribution >= 4 is 38.7 Å². The molecule has 0 aliphatic carbocycles. The minimum Gasteiger partial charge on any atom is -0.507 e. The molecule has 5 rings (SSSR count). The van der Waals surface area contributed by atoms with Crippen molar-refractivity contribution in [2.24, 2.45) is 5.92 Å². The Balaban J connectivity index is 1.35. The summed E-state index contributed by atoms with van der Waals surface area (Å²) in [5.41, 5.74) is 2.13. The van der Waals surface area contributed by atoms with Crippen LogP contribution in [-0.4, -0.2) is 49.2 Å². The summed E-state index contributed by atoms with van der Waals surface area (Å²) in [5, 5.41) is 21.6. The van der Waals surface area contributed by atoms with Crippen LogP contribution in [0.3, 0.4) is 0 Å². The minimum absolute atomic E-state index is 0.214. The molecule has 4 heterocycles. The molecule has 7 nitrogen and oxygen atoms in total. The first-order valence-corrected chi connectivity index (χ1v) is 12.0. The van der Waals surface area contributed by atoms with Crippen LogP contribution in [0.1, 0.15) is 17.8 Å². The molecule has 3 aromatic heterocycles. The highest BCUT2D eigenvalue weighted by Crippen LogP contribution is 2.31. The van der Waals surface area contributed by atoms with E-state index in [0.717, 1.165) is 42.1 Å². The van der Waals surface area contributed by atoms with Crippen LogP contribution in [0.5, 0.6) is 5.75 Å². The number of anilines is 1. The zero-order valence-electron chi connectivity index (χ0n) is 16.9. The number of para-hydroxylation sites is 1. The maximum Gasteiger partial charge on any atom is 0.172 e. The number of fused-ring (bicyclic) bond motifs is 1. The van der Waals surface area contributed by atoms with E-state index in [-0.39, 0.29) is 5.75 Å². The smallest absolute Gasteiger partial charge is 0.172 e. The Labute approximate surface area is 192 Å². The highest BCUT2D eigenvalue weighted by Gasteiger charge is 2.21. The molecule has 1 aliphatic heterocycles. The number of phenolic OH excluding ortho intramolecular Hbond substituents is 1. The quantitative estimate of drug-likeness (QED) is 0.402. The number of halogens is 1. The van der Waals surface area contributed by atoms with Crippen LogP contribution in [0.15, 0.2) is 52.6 Å². The Bertz CT molecular complexity index is 1180. The first kappa shape index (κ1) is 20.4. The molecule has 0 spiro atoms. The number of phenols is 1. The van der Waals surface area contributed by atoms with Crippen molar-refractivity contribution in [2.45, 2.75) is 19.4 Å². The number of hydrogen-bond acceptors (Lipinski definition) is 7. The highest BCUT2D eigenvalue weighted by atomic mass is 79.9. The van der Waals surface area contributed by atoms with Crippen LogP contribution in [0.2, 0.25) is 0 Å². The molecular weight excluding hydrogens is 476 g/mol. The molecular formula is C22H23BrN6OS. The molecule has 1 aromatic carbocycles. The van der Waals surface area contributed by atoms with Crippen LogP contribution in [0.25, 0.3) is 16.9 Å². The zero-order chi connectivity index (χ0) is 21.2. The van der Waals surface area contributed by atoms with E-state index >= 15 is 0 Å². The van der Waals surface area contributed by atoms with Gasteiger partial charge in [-0.2, -0.15) is 9.61 Å². The third-order valence-electron chi connectivity index (χ3n) is 5.63. The number of thiazole rings is 1. The summed E-state index contributed by atoms with van der Waals surface area (Å²) < 4.78 is 2.63. The second-order valence-corrected chi connectivity index (χ2v) is 9.66. The van der Waals surface area contributed by atoms with Crippen LogP contribution in [0.4, 0.5) is 5.82 Å². The number of aromatic hydroxyl groups is 1. The second-order valence-electron chi connectivity index (χ2n) is 7.82. The molecule has 1 aliphatic rings. The lowest BCUT2D eigenvalue weighted by atomic mass is 9.98. The molecule has 0 radical (unpaired) electrons. The van der Waals surface area contributed by atoms with Crippen LogP contribution < -0.4 is 5.32 Å². The van der Waals surface area contributed by atoms with Gasteiger partial charge in [0.1, 0.15) is 16.6 Å². The first-order chi connectivity index (χ1) is 15.2. The van der Waals surface area contributed by atoms with E-state index < -0.39 is 0 Å². The molecule has 1 atom stereocenters. The van der Waals surface area contributed by atoms with Crippen molar-refractivity contribution in [3.8, 4) is 17.0 Å². The number of rotatable bonds is 6. The molecule has 2 N–H and O–H groups in total. The van der Waals surface area contributed by atoms with Crippen LogP contribution >= 0.6 is 27.3 Å². The van der Waals surface area contributed by atoms with E-state index in [1.165, 1.54) is 17.8 Å². The Morgan fingerprint density at radius 3 is 3.03 bits per heavy atom. The molecule has 0 amide bonds. The van der Waals surface area contributed by atoms with Gasteiger partial charge in [-0.25, -0.2) is 9.97 Å². The average Bonchev–Trinajstić information content (AvgIpc) is 3.43. The summed E-state index contributed by atoms with van der Waals surface area (Å²) in [6.45, 7) is 3.96. The van der Waals surface area contributed by atoms with Gasteiger partial charge in [-0.1, -0.05) is 12.1 Å². The number of nitrogens with zero attached hydrogens (tertiary/aromatic N) is 5. The molecule has 9 heteroatoms. The summed E-state index contributed by atoms with van der Waals surface area (Å²) in [7, 11) is 0. The van der Waals surface area contributed by atoms with Crippen molar-refractivity contribution in [2.75, 3.05) is 25.0 Å². The van der Waals surface area contributed by atoms with Gasteiger partial charge in [0, 0.05) is 36.3 Å². The van der Waals surface area contributed by atoms with Crippen molar-refractivity contribution in [3.63, 3.8) is 0 Å². The predicted octanol–water partition coefficient (Wildman–Crippen LogP) is 4.65. The lowest BCUT2D eigenvalue weighted by molar-refractivity contribution is 0.173. The van der Waals surface area contributed by atoms with Gasteiger partial charge >= 0.3 is 0 Å². The van der Waals surface area contributed by atoms with Gasteiger partial charge in [-0.3, -0.25) is 4.90 Å². The Morgan fingerprint density at radius 2 is 2.19 bits per heavy atom. The number of benzene rings is 1. The fourth-order valence-electron chi connectivity index (χ4n) is 4.12. The topological polar surface area (TPSA) is 78.6 Å². The van der Waals surface area contributed by atoms with E-state index in [1.807, 2.05) is 40.4 Å². The normalized spacial score (nSPS) is 17.3. The summed E-state index contributed by atoms with van der Waals surface area (Å²) in [4.78, 5) is 11.6. The Morgan fingerprint density at radius 1 is 1.29 bits per heavy atom. The standard InChI is InChI=1S/C22H23BrN6OS/c23-17-12-26-29-20(10-18(27-22(17)29)16-5-1-2-6-19(16)30)25-11-15-4-3-8-28(13-15)14-21-24-7-9-31-21/h1-2,5-7,9-10,12,15,25,30H,3-4,8,11,13-14H2. The Hall–Kier alpha value is -2.49. The fraction of sp³-hybridized carbons (Fsp3) is 0.318. The van der Waals surface area contributed by atoms with Crippen molar-refractivity contribution in [1.29, 1.82) is 0 Å². The third-order valence-corrected chi connectivity index (χ3v) is 6.95. The number of piperidine rings is 1. The predicted molar refractivity (Wildman–Crippen MR) is 126 cm³/mol. The summed E-state index contributed by atoms with van der Waals surface area (Å²) >= 11 is 5.26. The molecule has 1 saturated heterocycles. The van der Waals surface area contributed by atoms with Crippen molar-refractivity contribution in [3.05, 3.63) is 57.6 Å². The zero-order valence-corrected chi connectivity index (χ0v) is 19.3. The lowest BCUT2D eigenvalue weighted by Crippen LogP contribution is -2.37. The second kappa shape index (κ2) is 8.94. The number of nitrogens with one attached hydrogen (secondary N) is 1. The number of aromatic nitrogens is 4. The molecule has 1 unspecified atom stereocenters. The van der Waals surface area contributed by atoms with Gasteiger partial charge in [-0.05, 0) is 53.4 Å². The van der Waals surface area contributed by atoms with Gasteiger partial charge in [0.05, 0.1) is 22.9 Å². The van der Waals surface area contributed by atoms with Gasteiger partial charge in [-0.15, -0.1) is 11.3 Å². The summed E-state index contributed by atoms with van der Waals surface area (Å²) in [6, 6.07) is 9.22. The van der Waals surface area contributed by atoms with E-state index in [2.05, 4.69) is 36.2 Å². The van der Waals surface area contributed by atoms with Crippen LogP contribution in [0, 0.1) is 5.92 Å². The van der Waals surface area contributed by atoms with E-state index in [4.69, 9.17) is 4.98 Å². The van der Waals surface area contributed by atoms with Gasteiger partial charge in [0.25, 0.3) is 0 Å². The molecule has 1 fully saturated rings. The Kier molecular flexibility index (Phi) is 5.89. The number of likely N-dealkylation sites (tertiary alicyclic amines) is 1. The van der Waals surface area contributed by atoms with E-state index in [0.29, 0.717) is 17.2 Å². The van der Waals surface area contributed by atoms with Gasteiger partial charge in [0.15, 0.2) is 5.65 Å². The largest absolute Gasteiger partial charge is 0.507 e. The third kappa shape index (κ3) is 4.44. The first-order valence-electron chi connectivity index (χ1n) is 10.3. The highest BCUT2D eigenvalue weighted by molar-refractivity contribution is 9.10. The summed E-state index contributed by atoms with van der Waals surface area (Å²) in [5.74, 6) is 1.63. The molecule has 4 aromatic rings. The van der Waals surface area contributed by atoms with Gasteiger partial charge in [0.2, 0.25) is 0 Å². The number of hydrogen-bond donors (Lipinski definition) is 2. The monoisotopic (exact) mass is 498 g/mol. The summed E-state index contributed by atoms with van der Waals surface area (Å²) in [6.07, 6.45) is 6.02. The lowest BCUT2D eigenvalue weighted by Gasteiger charge is -2.32. The minimum atomic E-state index is 0.214. The van der Waals surface area contributed by atoms with Crippen molar-refractivity contribution < 1.29 is 5.11 Å². The molecule has 31 heavy (non-hydrogen) atoms. The maximum absolute atomic E-state index is 10.3.